The molecule has 7 N–H and O–H groups in total. The summed E-state index contributed by atoms with van der Waals surface area (Å²) in [5.74, 6) is -2.49. The van der Waals surface area contributed by atoms with E-state index in [-0.39, 0.29) is 12.5 Å². The Morgan fingerprint density at radius 1 is 1.27 bits per heavy atom. The summed E-state index contributed by atoms with van der Waals surface area (Å²) < 4.78 is 0. The highest BCUT2D eigenvalue weighted by Gasteiger charge is 2.36. The molecule has 1 rings (SSSR count). The van der Waals surface area contributed by atoms with Crippen LogP contribution in [0.3, 0.4) is 0 Å². The van der Waals surface area contributed by atoms with Crippen molar-refractivity contribution in [2.45, 2.75) is 57.2 Å². The number of hydrogen-bond donors (Lipinski definition) is 5. The summed E-state index contributed by atoms with van der Waals surface area (Å²) in [6, 6.07) is -2.38. The normalized spacial score (nSPS) is 18.9. The summed E-state index contributed by atoms with van der Waals surface area (Å²) in [5, 5.41) is 13.4. The Labute approximate surface area is 152 Å². The number of unbranched alkanes of at least 4 members (excludes halogenated alkanes) is 1. The number of hydrogen-bond acceptors (Lipinski definition) is 6. The minimum atomic E-state index is -1.17. The Bertz CT molecular complexity index is 527. The Morgan fingerprint density at radius 3 is 2.58 bits per heavy atom. The van der Waals surface area contributed by atoms with E-state index < -0.39 is 35.9 Å². The lowest BCUT2D eigenvalue weighted by Gasteiger charge is -2.26. The van der Waals surface area contributed by atoms with Crippen molar-refractivity contribution in [2.24, 2.45) is 11.5 Å². The molecule has 1 aliphatic rings. The van der Waals surface area contributed by atoms with E-state index in [4.69, 9.17) is 16.6 Å². The number of carbonyl (C=O) groups excluding carboxylic acids is 3. The van der Waals surface area contributed by atoms with Crippen molar-refractivity contribution in [3.8, 4) is 0 Å². The van der Waals surface area contributed by atoms with Gasteiger partial charge in [-0.15, -0.1) is 0 Å². The third-order valence-corrected chi connectivity index (χ3v) is 4.30. The van der Waals surface area contributed by atoms with Gasteiger partial charge in [0.1, 0.15) is 12.1 Å². The summed E-state index contributed by atoms with van der Waals surface area (Å²) in [6.45, 7) is 1.96. The van der Waals surface area contributed by atoms with Gasteiger partial charge in [-0.3, -0.25) is 19.2 Å². The van der Waals surface area contributed by atoms with E-state index in [1.165, 1.54) is 11.8 Å². The molecule has 1 heterocycles. The van der Waals surface area contributed by atoms with Crippen LogP contribution in [0.5, 0.6) is 0 Å². The standard InChI is InChI=1S/C16H29N5O5/c1-10(16(25)26)20-13(22)9-19-14(23)12-6-4-8-21(12)15(24)11(18)5-2-3-7-17/h10-12H,2-9,17-18H2,1H3,(H,19,23)(H,20,22)(H,25,26)/t10-,11-,12-/m0/s1. The molecule has 3 amide bonds. The van der Waals surface area contributed by atoms with Crippen LogP contribution in [-0.2, 0) is 19.2 Å². The minimum Gasteiger partial charge on any atom is -0.480 e. The van der Waals surface area contributed by atoms with Gasteiger partial charge in [0.2, 0.25) is 17.7 Å². The van der Waals surface area contributed by atoms with E-state index in [9.17, 15) is 19.2 Å². The van der Waals surface area contributed by atoms with Gasteiger partial charge in [-0.25, -0.2) is 0 Å². The van der Waals surface area contributed by atoms with Crippen molar-refractivity contribution in [3.05, 3.63) is 0 Å². The molecule has 0 radical (unpaired) electrons. The van der Waals surface area contributed by atoms with Crippen LogP contribution in [-0.4, -0.2) is 71.5 Å². The van der Waals surface area contributed by atoms with Gasteiger partial charge in [-0.1, -0.05) is 6.42 Å². The predicted octanol–water partition coefficient (Wildman–Crippen LogP) is -1.86. The van der Waals surface area contributed by atoms with Crippen molar-refractivity contribution in [2.75, 3.05) is 19.6 Å². The van der Waals surface area contributed by atoms with Crippen LogP contribution in [0.25, 0.3) is 0 Å². The second kappa shape index (κ2) is 10.7. The number of carboxylic acids is 1. The van der Waals surface area contributed by atoms with Crippen molar-refractivity contribution in [1.29, 1.82) is 0 Å². The van der Waals surface area contributed by atoms with E-state index in [1.807, 2.05) is 0 Å². The number of likely N-dealkylation sites (tertiary alicyclic amines) is 1. The van der Waals surface area contributed by atoms with E-state index in [1.54, 1.807) is 0 Å². The first-order valence-corrected chi connectivity index (χ1v) is 8.84. The smallest absolute Gasteiger partial charge is 0.325 e. The van der Waals surface area contributed by atoms with Gasteiger partial charge in [0.25, 0.3) is 0 Å². The molecule has 1 aliphatic heterocycles. The average molecular weight is 371 g/mol. The van der Waals surface area contributed by atoms with Crippen molar-refractivity contribution < 1.29 is 24.3 Å². The van der Waals surface area contributed by atoms with Crippen LogP contribution < -0.4 is 22.1 Å². The number of aliphatic carboxylic acids is 1. The lowest BCUT2D eigenvalue weighted by molar-refractivity contribution is -0.141. The molecule has 0 spiro atoms. The lowest BCUT2D eigenvalue weighted by atomic mass is 10.1. The zero-order valence-corrected chi connectivity index (χ0v) is 15.1. The van der Waals surface area contributed by atoms with Gasteiger partial charge < -0.3 is 32.1 Å². The van der Waals surface area contributed by atoms with Gasteiger partial charge >= 0.3 is 5.97 Å². The maximum atomic E-state index is 12.5. The van der Waals surface area contributed by atoms with Gasteiger partial charge in [0.05, 0.1) is 12.6 Å². The summed E-state index contributed by atoms with van der Waals surface area (Å²) >= 11 is 0. The molecule has 3 atom stereocenters. The van der Waals surface area contributed by atoms with Gasteiger partial charge in [-0.2, -0.15) is 0 Å². The Hall–Kier alpha value is -2.20. The number of amides is 3. The maximum absolute atomic E-state index is 12.5. The average Bonchev–Trinajstić information content (AvgIpc) is 3.08. The fourth-order valence-electron chi connectivity index (χ4n) is 2.79. The number of rotatable bonds is 10. The van der Waals surface area contributed by atoms with Crippen LogP contribution in [0, 0.1) is 0 Å². The fourth-order valence-corrected chi connectivity index (χ4v) is 2.79. The van der Waals surface area contributed by atoms with E-state index >= 15 is 0 Å². The minimum absolute atomic E-state index is 0.274. The molecule has 0 aromatic heterocycles. The monoisotopic (exact) mass is 371 g/mol. The Balaban J connectivity index is 2.50. The van der Waals surface area contributed by atoms with Crippen LogP contribution in [0.2, 0.25) is 0 Å². The molecule has 0 aromatic carbocycles. The highest BCUT2D eigenvalue weighted by atomic mass is 16.4. The number of carboxylic acid groups (broad SMARTS) is 1. The van der Waals surface area contributed by atoms with Crippen LogP contribution in [0.15, 0.2) is 0 Å². The zero-order valence-electron chi connectivity index (χ0n) is 15.1. The molecule has 26 heavy (non-hydrogen) atoms. The van der Waals surface area contributed by atoms with Gasteiger partial charge in [-0.05, 0) is 39.2 Å². The van der Waals surface area contributed by atoms with E-state index in [2.05, 4.69) is 10.6 Å². The van der Waals surface area contributed by atoms with Crippen LogP contribution in [0.4, 0.5) is 0 Å². The van der Waals surface area contributed by atoms with Crippen LogP contribution in [0.1, 0.15) is 39.0 Å². The molecule has 10 heteroatoms. The zero-order chi connectivity index (χ0) is 19.7. The summed E-state index contributed by atoms with van der Waals surface area (Å²) in [5.41, 5.74) is 11.3. The molecule has 148 valence electrons. The molecule has 0 aliphatic carbocycles. The quantitative estimate of drug-likeness (QED) is 0.280. The largest absolute Gasteiger partial charge is 0.480 e. The highest BCUT2D eigenvalue weighted by molar-refractivity contribution is 5.92. The van der Waals surface area contributed by atoms with E-state index in [0.29, 0.717) is 32.4 Å². The molecule has 1 saturated heterocycles. The number of carbonyl (C=O) groups is 4. The topological polar surface area (TPSA) is 168 Å². The number of nitrogens with one attached hydrogen (secondary N) is 2. The molecule has 0 bridgehead atoms. The van der Waals surface area contributed by atoms with Gasteiger partial charge in [0.15, 0.2) is 0 Å². The Kier molecular flexibility index (Phi) is 9.00. The van der Waals surface area contributed by atoms with Crippen molar-refractivity contribution >= 4 is 23.7 Å². The summed E-state index contributed by atoms with van der Waals surface area (Å²) in [6.07, 6.45) is 3.23. The number of nitrogens with zero attached hydrogens (tertiary/aromatic N) is 1. The fraction of sp³-hybridized carbons (Fsp3) is 0.750. The maximum Gasteiger partial charge on any atom is 0.325 e. The Morgan fingerprint density at radius 2 is 1.96 bits per heavy atom. The van der Waals surface area contributed by atoms with Crippen molar-refractivity contribution in [3.63, 3.8) is 0 Å². The number of nitrogens with two attached hydrogens (primary N) is 2. The second-order valence-corrected chi connectivity index (χ2v) is 6.43. The third-order valence-electron chi connectivity index (χ3n) is 4.30. The highest BCUT2D eigenvalue weighted by Crippen LogP contribution is 2.19. The lowest BCUT2D eigenvalue weighted by Crippen LogP contribution is -2.52. The first-order valence-electron chi connectivity index (χ1n) is 8.84. The third kappa shape index (κ3) is 6.60. The first-order chi connectivity index (χ1) is 12.3. The van der Waals surface area contributed by atoms with Crippen LogP contribution >= 0.6 is 0 Å². The SMILES string of the molecule is C[C@H](NC(=O)CNC(=O)[C@@H]1CCCN1C(=O)[C@@H](N)CCCCN)C(=O)O. The molecule has 0 aromatic rings. The van der Waals surface area contributed by atoms with E-state index in [0.717, 1.165) is 12.8 Å². The van der Waals surface area contributed by atoms with Crippen molar-refractivity contribution in [1.82, 2.24) is 15.5 Å². The predicted molar refractivity (Wildman–Crippen MR) is 93.9 cm³/mol. The second-order valence-electron chi connectivity index (χ2n) is 6.43. The molecular weight excluding hydrogens is 342 g/mol. The molecule has 1 fully saturated rings. The summed E-state index contributed by atoms with van der Waals surface area (Å²) in [4.78, 5) is 48.6. The molecular formula is C16H29N5O5. The molecule has 10 nitrogen and oxygen atoms in total. The molecule has 0 unspecified atom stereocenters. The summed E-state index contributed by atoms with van der Waals surface area (Å²) in [7, 11) is 0. The van der Waals surface area contributed by atoms with Gasteiger partial charge in [0, 0.05) is 6.54 Å². The first kappa shape index (κ1) is 21.8. The molecule has 0 saturated carbocycles.